The van der Waals surface area contributed by atoms with Crippen LogP contribution in [0.1, 0.15) is 29.1 Å². The molecule has 0 spiro atoms. The van der Waals surface area contributed by atoms with Gasteiger partial charge in [-0.3, -0.25) is 4.79 Å². The van der Waals surface area contributed by atoms with E-state index in [0.717, 1.165) is 21.0 Å². The molecule has 2 atom stereocenters. The standard InChI is InChI=1S/C20H23N3OS/c1-14-8-4-5-9-16(14)12-21-19(24)13-23(3)15(2)20-22-17-10-6-7-11-18(17)25-20/h4-11,15H,12-13H2,1-3H3,(H,21,24)/p+1/t15-/m0/s1. The zero-order valence-corrected chi connectivity index (χ0v) is 15.7. The predicted octanol–water partition coefficient (Wildman–Crippen LogP) is 2.50. The smallest absolute Gasteiger partial charge is 0.275 e. The van der Waals surface area contributed by atoms with Gasteiger partial charge in [-0.1, -0.05) is 36.4 Å². The van der Waals surface area contributed by atoms with Crippen molar-refractivity contribution in [3.8, 4) is 0 Å². The summed E-state index contributed by atoms with van der Waals surface area (Å²) in [6.07, 6.45) is 0. The average Bonchev–Trinajstić information content (AvgIpc) is 3.04. The van der Waals surface area contributed by atoms with Crippen molar-refractivity contribution in [2.24, 2.45) is 0 Å². The number of quaternary nitrogens is 1. The molecule has 0 radical (unpaired) electrons. The van der Waals surface area contributed by atoms with Crippen molar-refractivity contribution in [3.63, 3.8) is 0 Å². The number of aryl methyl sites for hydroxylation is 1. The second kappa shape index (κ2) is 7.76. The number of nitrogens with zero attached hydrogens (tertiary/aromatic N) is 1. The molecule has 0 aliphatic rings. The number of hydrogen-bond acceptors (Lipinski definition) is 3. The Morgan fingerprint density at radius 1 is 1.20 bits per heavy atom. The highest BCUT2D eigenvalue weighted by molar-refractivity contribution is 7.18. The molecule has 1 heterocycles. The van der Waals surface area contributed by atoms with E-state index in [4.69, 9.17) is 4.98 Å². The number of para-hydroxylation sites is 1. The topological polar surface area (TPSA) is 46.4 Å². The van der Waals surface area contributed by atoms with Crippen molar-refractivity contribution >= 4 is 27.5 Å². The number of rotatable bonds is 6. The summed E-state index contributed by atoms with van der Waals surface area (Å²) in [7, 11) is 2.05. The Hall–Kier alpha value is -2.24. The van der Waals surface area contributed by atoms with Gasteiger partial charge in [-0.05, 0) is 37.1 Å². The van der Waals surface area contributed by atoms with Crippen LogP contribution in [0.4, 0.5) is 0 Å². The summed E-state index contributed by atoms with van der Waals surface area (Å²) >= 11 is 1.71. The lowest BCUT2D eigenvalue weighted by Crippen LogP contribution is -3.10. The molecule has 3 aromatic rings. The van der Waals surface area contributed by atoms with Crippen LogP contribution in [0.3, 0.4) is 0 Å². The van der Waals surface area contributed by atoms with E-state index in [-0.39, 0.29) is 11.9 Å². The van der Waals surface area contributed by atoms with Crippen LogP contribution in [0.2, 0.25) is 0 Å². The van der Waals surface area contributed by atoms with E-state index < -0.39 is 0 Å². The fraction of sp³-hybridized carbons (Fsp3) is 0.300. The normalized spacial score (nSPS) is 13.6. The Kier molecular flexibility index (Phi) is 5.46. The molecule has 1 amide bonds. The third-order valence-electron chi connectivity index (χ3n) is 4.60. The summed E-state index contributed by atoms with van der Waals surface area (Å²) in [5, 5.41) is 4.10. The first-order valence-corrected chi connectivity index (χ1v) is 9.35. The van der Waals surface area contributed by atoms with E-state index in [0.29, 0.717) is 13.1 Å². The Bertz CT molecular complexity index is 841. The largest absolute Gasteiger partial charge is 0.347 e. The first-order valence-electron chi connectivity index (χ1n) is 8.53. The zero-order chi connectivity index (χ0) is 17.8. The van der Waals surface area contributed by atoms with Crippen LogP contribution in [-0.4, -0.2) is 24.5 Å². The minimum atomic E-state index is 0.0636. The first kappa shape index (κ1) is 17.6. The van der Waals surface area contributed by atoms with Crippen molar-refractivity contribution in [2.45, 2.75) is 26.4 Å². The Morgan fingerprint density at radius 3 is 2.68 bits per heavy atom. The van der Waals surface area contributed by atoms with Gasteiger partial charge >= 0.3 is 0 Å². The second-order valence-electron chi connectivity index (χ2n) is 6.47. The Labute approximate surface area is 152 Å². The SMILES string of the molecule is Cc1ccccc1CNC(=O)C[NH+](C)[C@@H](C)c1nc2ccccc2s1. The lowest BCUT2D eigenvalue weighted by atomic mass is 10.1. The summed E-state index contributed by atoms with van der Waals surface area (Å²) in [5.41, 5.74) is 3.39. The maximum absolute atomic E-state index is 12.3. The lowest BCUT2D eigenvalue weighted by Gasteiger charge is -2.19. The van der Waals surface area contributed by atoms with E-state index in [1.165, 1.54) is 10.3 Å². The molecule has 1 aromatic heterocycles. The molecule has 1 unspecified atom stereocenters. The minimum Gasteiger partial charge on any atom is -0.347 e. The van der Waals surface area contributed by atoms with E-state index in [1.807, 2.05) is 37.4 Å². The van der Waals surface area contributed by atoms with Crippen LogP contribution < -0.4 is 10.2 Å². The Balaban J connectivity index is 1.58. The maximum Gasteiger partial charge on any atom is 0.275 e. The van der Waals surface area contributed by atoms with E-state index in [9.17, 15) is 4.79 Å². The average molecular weight is 354 g/mol. The van der Waals surface area contributed by atoms with Gasteiger partial charge in [-0.15, -0.1) is 11.3 Å². The maximum atomic E-state index is 12.3. The quantitative estimate of drug-likeness (QED) is 0.714. The second-order valence-corrected chi connectivity index (χ2v) is 7.53. The highest BCUT2D eigenvalue weighted by Crippen LogP contribution is 2.24. The van der Waals surface area contributed by atoms with Crippen LogP contribution in [-0.2, 0) is 11.3 Å². The van der Waals surface area contributed by atoms with Crippen LogP contribution in [0.15, 0.2) is 48.5 Å². The van der Waals surface area contributed by atoms with Gasteiger partial charge in [-0.25, -0.2) is 4.98 Å². The molecule has 2 N–H and O–H groups in total. The molecule has 0 aliphatic heterocycles. The van der Waals surface area contributed by atoms with Crippen molar-refractivity contribution in [1.29, 1.82) is 0 Å². The number of thiazole rings is 1. The van der Waals surface area contributed by atoms with Gasteiger partial charge in [0.1, 0.15) is 6.04 Å². The molecule has 3 rings (SSSR count). The van der Waals surface area contributed by atoms with Crippen LogP contribution in [0.5, 0.6) is 0 Å². The number of fused-ring (bicyclic) bond motifs is 1. The third-order valence-corrected chi connectivity index (χ3v) is 5.82. The molecule has 4 nitrogen and oxygen atoms in total. The van der Waals surface area contributed by atoms with Gasteiger partial charge < -0.3 is 10.2 Å². The fourth-order valence-electron chi connectivity index (χ4n) is 2.76. The van der Waals surface area contributed by atoms with Gasteiger partial charge in [-0.2, -0.15) is 0 Å². The molecular formula is C20H24N3OS+. The molecule has 0 aliphatic carbocycles. The molecule has 2 aromatic carbocycles. The van der Waals surface area contributed by atoms with E-state index in [1.54, 1.807) is 11.3 Å². The fourth-order valence-corrected chi connectivity index (χ4v) is 3.87. The van der Waals surface area contributed by atoms with Crippen molar-refractivity contribution in [1.82, 2.24) is 10.3 Å². The number of nitrogens with one attached hydrogen (secondary N) is 2. The lowest BCUT2D eigenvalue weighted by molar-refractivity contribution is -0.902. The first-order chi connectivity index (χ1) is 12.0. The van der Waals surface area contributed by atoms with Crippen molar-refractivity contribution in [3.05, 3.63) is 64.7 Å². The number of likely N-dealkylation sites (N-methyl/N-ethyl adjacent to an activating group) is 1. The van der Waals surface area contributed by atoms with Gasteiger partial charge in [0, 0.05) is 6.54 Å². The number of carbonyl (C=O) groups is 1. The summed E-state index contributed by atoms with van der Waals surface area (Å²) < 4.78 is 1.20. The predicted molar refractivity (Wildman–Crippen MR) is 103 cm³/mol. The van der Waals surface area contributed by atoms with Gasteiger partial charge in [0.15, 0.2) is 11.6 Å². The molecule has 0 saturated heterocycles. The number of carbonyl (C=O) groups excluding carboxylic acids is 1. The van der Waals surface area contributed by atoms with Gasteiger partial charge in [0.2, 0.25) is 0 Å². The molecule has 130 valence electrons. The number of amides is 1. The van der Waals surface area contributed by atoms with Gasteiger partial charge in [0.05, 0.1) is 17.3 Å². The summed E-state index contributed by atoms with van der Waals surface area (Å²) in [5.74, 6) is 0.0636. The van der Waals surface area contributed by atoms with Crippen molar-refractivity contribution in [2.75, 3.05) is 13.6 Å². The summed E-state index contributed by atoms with van der Waals surface area (Å²) in [4.78, 5) is 18.1. The zero-order valence-electron chi connectivity index (χ0n) is 14.9. The highest BCUT2D eigenvalue weighted by atomic mass is 32.1. The minimum absolute atomic E-state index is 0.0636. The van der Waals surface area contributed by atoms with Crippen LogP contribution >= 0.6 is 11.3 Å². The number of aromatic nitrogens is 1. The summed E-state index contributed by atoms with van der Waals surface area (Å²) in [6, 6.07) is 16.5. The Morgan fingerprint density at radius 2 is 1.92 bits per heavy atom. The van der Waals surface area contributed by atoms with E-state index >= 15 is 0 Å². The number of hydrogen-bond donors (Lipinski definition) is 2. The molecular weight excluding hydrogens is 330 g/mol. The van der Waals surface area contributed by atoms with Gasteiger partial charge in [0.25, 0.3) is 5.91 Å². The monoisotopic (exact) mass is 354 g/mol. The van der Waals surface area contributed by atoms with Crippen LogP contribution in [0, 0.1) is 6.92 Å². The molecule has 0 bridgehead atoms. The highest BCUT2D eigenvalue weighted by Gasteiger charge is 2.21. The molecule has 0 saturated carbocycles. The summed E-state index contributed by atoms with van der Waals surface area (Å²) in [6.45, 7) is 5.20. The number of benzene rings is 2. The third kappa shape index (κ3) is 4.24. The molecule has 25 heavy (non-hydrogen) atoms. The van der Waals surface area contributed by atoms with Crippen LogP contribution in [0.25, 0.3) is 10.2 Å². The molecule has 5 heteroatoms. The van der Waals surface area contributed by atoms with E-state index in [2.05, 4.69) is 37.4 Å². The van der Waals surface area contributed by atoms with Crippen molar-refractivity contribution < 1.29 is 9.69 Å². The molecule has 0 fully saturated rings.